The van der Waals surface area contributed by atoms with Gasteiger partial charge in [0.25, 0.3) is 0 Å². The zero-order chi connectivity index (χ0) is 28.0. The monoisotopic (exact) mass is 721 g/mol. The van der Waals surface area contributed by atoms with E-state index in [0.29, 0.717) is 11.5 Å². The molecule has 0 N–H and O–H groups in total. The molecule has 6 rings (SSSR count). The summed E-state index contributed by atoms with van der Waals surface area (Å²) in [6, 6.07) is 32.2. The fourth-order valence-electron chi connectivity index (χ4n) is 5.45. The Labute approximate surface area is 258 Å². The number of fused-ring (bicyclic) bond motifs is 1. The summed E-state index contributed by atoms with van der Waals surface area (Å²) in [4.78, 5) is 8.49. The molecule has 0 saturated carbocycles. The van der Waals surface area contributed by atoms with Gasteiger partial charge in [-0.3, -0.25) is 0 Å². The number of nitrogens with zero attached hydrogens (tertiary/aromatic N) is 4. The largest absolute Gasteiger partial charge is 4.00 e. The number of benzene rings is 4. The molecule has 0 amide bonds. The van der Waals surface area contributed by atoms with E-state index in [1.807, 2.05) is 43.1 Å². The average Bonchev–Trinajstić information content (AvgIpc) is 3.37. The molecule has 0 aromatic heterocycles. The van der Waals surface area contributed by atoms with Crippen LogP contribution in [0.4, 0.5) is 17.1 Å². The van der Waals surface area contributed by atoms with Gasteiger partial charge in [-0.1, -0.05) is 36.4 Å². The SMILES string of the molecule is Cc1cccc(C)c1-c1cc(Oc2[c-]c(N3[CH-]N(C)C(C)(C)c4ccccc43)ccc2)[c-]c(N2C=CN(C)[CH-]2)c1.[Pt+4]. The van der Waals surface area contributed by atoms with Crippen LogP contribution in [0.3, 0.4) is 0 Å². The molecule has 0 radical (unpaired) electrons. The second kappa shape index (κ2) is 11.4. The molecule has 5 nitrogen and oxygen atoms in total. The predicted octanol–water partition coefficient (Wildman–Crippen LogP) is 8.14. The fraction of sp³-hybridized carbons (Fsp3) is 0.200. The molecule has 0 bridgehead atoms. The minimum atomic E-state index is -0.115. The molecule has 0 fully saturated rings. The summed E-state index contributed by atoms with van der Waals surface area (Å²) in [6.45, 7) is 12.9. The smallest absolute Gasteiger partial charge is 0.510 e. The van der Waals surface area contributed by atoms with Crippen LogP contribution in [-0.2, 0) is 26.6 Å². The zero-order valence-corrected chi connectivity index (χ0v) is 26.5. The van der Waals surface area contributed by atoms with Gasteiger partial charge in [-0.05, 0) is 82.5 Å². The first-order valence-electron chi connectivity index (χ1n) is 13.5. The third kappa shape index (κ3) is 5.54. The van der Waals surface area contributed by atoms with Crippen LogP contribution in [0.25, 0.3) is 11.1 Å². The third-order valence-corrected chi connectivity index (χ3v) is 7.87. The van der Waals surface area contributed by atoms with Gasteiger partial charge in [0, 0.05) is 22.7 Å². The maximum Gasteiger partial charge on any atom is 4.00 e. The van der Waals surface area contributed by atoms with Crippen LogP contribution < -0.4 is 14.5 Å². The molecule has 0 saturated heterocycles. The van der Waals surface area contributed by atoms with E-state index < -0.39 is 0 Å². The van der Waals surface area contributed by atoms with Gasteiger partial charge in [0.15, 0.2) is 0 Å². The molecule has 6 heteroatoms. The van der Waals surface area contributed by atoms with Crippen molar-refractivity contribution in [1.82, 2.24) is 9.80 Å². The average molecular weight is 722 g/mol. The Bertz CT molecular complexity index is 1580. The van der Waals surface area contributed by atoms with Crippen molar-refractivity contribution in [3.63, 3.8) is 0 Å². The van der Waals surface area contributed by atoms with E-state index in [0.717, 1.165) is 22.6 Å². The molecule has 2 heterocycles. The Morgan fingerprint density at radius 2 is 1.46 bits per heavy atom. The maximum atomic E-state index is 6.49. The van der Waals surface area contributed by atoms with Gasteiger partial charge in [-0.15, -0.1) is 53.3 Å². The standard InChI is InChI=1S/C35H34N4O.Pt/c1-25-11-9-12-26(2)34(25)27-19-29(38-18-17-36(5)23-38)22-31(20-27)40-30-14-10-13-28(21-30)39-24-37(6)35(3,4)32-15-7-8-16-33(32)39;/h7-20,23-24H,1-6H3;/q-4;+4. The Balaban J connectivity index is 0.00000337. The summed E-state index contributed by atoms with van der Waals surface area (Å²) >= 11 is 0. The van der Waals surface area contributed by atoms with E-state index in [2.05, 4.69) is 129 Å². The molecule has 0 atom stereocenters. The first-order valence-corrected chi connectivity index (χ1v) is 13.5. The van der Waals surface area contributed by atoms with Crippen LogP contribution in [0.2, 0.25) is 0 Å². The van der Waals surface area contributed by atoms with Crippen molar-refractivity contribution in [2.24, 2.45) is 0 Å². The number of aryl methyl sites for hydroxylation is 2. The van der Waals surface area contributed by atoms with Gasteiger partial charge in [0.2, 0.25) is 0 Å². The van der Waals surface area contributed by atoms with Crippen LogP contribution >= 0.6 is 0 Å². The minimum Gasteiger partial charge on any atom is -0.510 e. The molecule has 0 unspecified atom stereocenters. The van der Waals surface area contributed by atoms with Gasteiger partial charge < -0.3 is 24.3 Å². The number of anilines is 3. The number of rotatable bonds is 5. The van der Waals surface area contributed by atoms with Crippen LogP contribution in [0, 0.1) is 39.3 Å². The summed E-state index contributed by atoms with van der Waals surface area (Å²) in [6.07, 6.45) is 4.04. The van der Waals surface area contributed by atoms with Crippen molar-refractivity contribution in [1.29, 1.82) is 0 Å². The normalized spacial score (nSPS) is 16.0. The summed E-state index contributed by atoms with van der Waals surface area (Å²) in [5.41, 5.74) is 8.86. The van der Waals surface area contributed by atoms with Gasteiger partial charge in [-0.2, -0.15) is 19.4 Å². The van der Waals surface area contributed by atoms with Crippen LogP contribution in [0.1, 0.15) is 30.5 Å². The number of para-hydroxylation sites is 1. The molecule has 210 valence electrons. The molecule has 4 aromatic carbocycles. The molecule has 0 aliphatic carbocycles. The van der Waals surface area contributed by atoms with Gasteiger partial charge in [0.05, 0.1) is 0 Å². The van der Waals surface area contributed by atoms with Crippen LogP contribution in [-0.4, -0.2) is 23.9 Å². The van der Waals surface area contributed by atoms with Gasteiger partial charge in [0.1, 0.15) is 0 Å². The van der Waals surface area contributed by atoms with E-state index in [1.165, 1.54) is 22.3 Å². The first kappa shape index (κ1) is 29.0. The molecular formula is C35H34N4OPt. The summed E-state index contributed by atoms with van der Waals surface area (Å²) in [7, 11) is 4.12. The van der Waals surface area contributed by atoms with Crippen LogP contribution in [0.15, 0.2) is 85.2 Å². The van der Waals surface area contributed by atoms with Crippen molar-refractivity contribution in [2.45, 2.75) is 33.2 Å². The predicted molar refractivity (Wildman–Crippen MR) is 163 cm³/mol. The van der Waals surface area contributed by atoms with Gasteiger partial charge in [-0.25, -0.2) is 0 Å². The first-order chi connectivity index (χ1) is 19.2. The third-order valence-electron chi connectivity index (χ3n) is 7.87. The molecule has 2 aliphatic rings. The van der Waals surface area contributed by atoms with E-state index in [4.69, 9.17) is 4.74 Å². The quantitative estimate of drug-likeness (QED) is 0.194. The number of ether oxygens (including phenoxy) is 1. The van der Waals surface area contributed by atoms with Crippen molar-refractivity contribution in [2.75, 3.05) is 23.9 Å². The molecular weight excluding hydrogens is 687 g/mol. The van der Waals surface area contributed by atoms with Crippen molar-refractivity contribution >= 4 is 17.1 Å². The van der Waals surface area contributed by atoms with E-state index in [9.17, 15) is 0 Å². The fourth-order valence-corrected chi connectivity index (χ4v) is 5.45. The van der Waals surface area contributed by atoms with E-state index in [-0.39, 0.29) is 26.6 Å². The molecule has 41 heavy (non-hydrogen) atoms. The topological polar surface area (TPSA) is 22.2 Å². The Morgan fingerprint density at radius 3 is 2.20 bits per heavy atom. The Hall–Kier alpha value is -3.53. The molecule has 2 aliphatic heterocycles. The minimum absolute atomic E-state index is 0. The molecule has 4 aromatic rings. The van der Waals surface area contributed by atoms with Crippen molar-refractivity contribution < 1.29 is 25.8 Å². The van der Waals surface area contributed by atoms with Crippen LogP contribution in [0.5, 0.6) is 11.5 Å². The maximum absolute atomic E-state index is 6.49. The van der Waals surface area contributed by atoms with E-state index in [1.54, 1.807) is 0 Å². The van der Waals surface area contributed by atoms with E-state index >= 15 is 0 Å². The number of hydrogen-bond acceptors (Lipinski definition) is 5. The number of hydrogen-bond donors (Lipinski definition) is 0. The second-order valence-electron chi connectivity index (χ2n) is 11.0. The van der Waals surface area contributed by atoms with Crippen molar-refractivity contribution in [3.05, 3.63) is 127 Å². The summed E-state index contributed by atoms with van der Waals surface area (Å²) < 4.78 is 6.49. The summed E-state index contributed by atoms with van der Waals surface area (Å²) in [5, 5.41) is 0. The van der Waals surface area contributed by atoms with Crippen molar-refractivity contribution in [3.8, 4) is 22.6 Å². The second-order valence-corrected chi connectivity index (χ2v) is 11.0. The Morgan fingerprint density at radius 1 is 0.756 bits per heavy atom. The summed E-state index contributed by atoms with van der Waals surface area (Å²) in [5.74, 6) is 1.27. The van der Waals surface area contributed by atoms with Gasteiger partial charge >= 0.3 is 21.1 Å². The Kier molecular flexibility index (Phi) is 8.05. The molecule has 0 spiro atoms. The zero-order valence-electron chi connectivity index (χ0n) is 24.3.